The predicted molar refractivity (Wildman–Crippen MR) is 64.1 cm³/mol. The van der Waals surface area contributed by atoms with Crippen molar-refractivity contribution in [1.29, 1.82) is 0 Å². The average Bonchev–Trinajstić information content (AvgIpc) is 2.71. The number of amides is 2. The number of carboxylic acid groups (broad SMARTS) is 1. The molecule has 2 fully saturated rings. The van der Waals surface area contributed by atoms with Crippen LogP contribution in [0.5, 0.6) is 0 Å². The van der Waals surface area contributed by atoms with Crippen LogP contribution in [0.15, 0.2) is 0 Å². The Hall–Kier alpha value is -1.30. The fourth-order valence-corrected chi connectivity index (χ4v) is 2.64. The van der Waals surface area contributed by atoms with Gasteiger partial charge >= 0.3 is 12.0 Å². The lowest BCUT2D eigenvalue weighted by Crippen LogP contribution is -2.50. The lowest BCUT2D eigenvalue weighted by molar-refractivity contribution is -0.141. The molecule has 0 aromatic carbocycles. The van der Waals surface area contributed by atoms with Crippen molar-refractivity contribution in [3.63, 3.8) is 0 Å². The lowest BCUT2D eigenvalue weighted by Gasteiger charge is -2.34. The molecule has 0 aromatic rings. The van der Waals surface area contributed by atoms with E-state index in [0.29, 0.717) is 19.0 Å². The van der Waals surface area contributed by atoms with Crippen LogP contribution in [0.3, 0.4) is 0 Å². The van der Waals surface area contributed by atoms with E-state index in [-0.39, 0.29) is 19.0 Å². The van der Waals surface area contributed by atoms with Crippen molar-refractivity contribution in [2.45, 2.75) is 38.3 Å². The number of urea groups is 1. The zero-order chi connectivity index (χ0) is 13.3. The lowest BCUT2D eigenvalue weighted by atomic mass is 9.99. The van der Waals surface area contributed by atoms with E-state index in [2.05, 4.69) is 6.92 Å². The minimum atomic E-state index is -1.04. The first-order chi connectivity index (χ1) is 8.49. The molecule has 2 saturated heterocycles. The van der Waals surface area contributed by atoms with Crippen LogP contribution in [0, 0.1) is 5.92 Å². The number of hydrogen-bond acceptors (Lipinski definition) is 3. The Morgan fingerprint density at radius 3 is 2.39 bits per heavy atom. The minimum Gasteiger partial charge on any atom is -0.480 e. The topological polar surface area (TPSA) is 81.1 Å². The zero-order valence-corrected chi connectivity index (χ0v) is 10.6. The van der Waals surface area contributed by atoms with Gasteiger partial charge in [0.1, 0.15) is 6.04 Å². The van der Waals surface area contributed by atoms with Crippen LogP contribution in [0.25, 0.3) is 0 Å². The molecule has 2 heterocycles. The number of carbonyl (C=O) groups is 2. The molecule has 0 radical (unpaired) electrons. The normalized spacial score (nSPS) is 29.7. The summed E-state index contributed by atoms with van der Waals surface area (Å²) in [6.45, 7) is 3.64. The summed E-state index contributed by atoms with van der Waals surface area (Å²) in [7, 11) is 0. The SMILES string of the molecule is CC1CCN(C(=O)N2C[C@@H](O)C[C@H]2C(=O)O)CC1. The third-order valence-electron chi connectivity index (χ3n) is 3.86. The molecule has 0 saturated carbocycles. The summed E-state index contributed by atoms with van der Waals surface area (Å²) >= 11 is 0. The smallest absolute Gasteiger partial charge is 0.326 e. The highest BCUT2D eigenvalue weighted by Gasteiger charge is 2.40. The zero-order valence-electron chi connectivity index (χ0n) is 10.6. The number of nitrogens with zero attached hydrogens (tertiary/aromatic N) is 2. The quantitative estimate of drug-likeness (QED) is 0.709. The Bertz CT molecular complexity index is 339. The minimum absolute atomic E-state index is 0.127. The number of piperidine rings is 1. The summed E-state index contributed by atoms with van der Waals surface area (Å²) in [5.74, 6) is -0.418. The second kappa shape index (κ2) is 5.14. The van der Waals surface area contributed by atoms with E-state index in [4.69, 9.17) is 5.11 Å². The van der Waals surface area contributed by atoms with E-state index in [1.165, 1.54) is 4.90 Å². The van der Waals surface area contributed by atoms with Crippen molar-refractivity contribution < 1.29 is 19.8 Å². The van der Waals surface area contributed by atoms with Gasteiger partial charge < -0.3 is 20.0 Å². The highest BCUT2D eigenvalue weighted by Crippen LogP contribution is 2.23. The molecule has 0 spiro atoms. The molecule has 0 unspecified atom stereocenters. The molecule has 2 aliphatic heterocycles. The van der Waals surface area contributed by atoms with Gasteiger partial charge in [-0.25, -0.2) is 9.59 Å². The summed E-state index contributed by atoms with van der Waals surface area (Å²) in [6, 6.07) is -1.13. The van der Waals surface area contributed by atoms with Crippen molar-refractivity contribution in [1.82, 2.24) is 9.80 Å². The Morgan fingerprint density at radius 2 is 1.83 bits per heavy atom. The second-order valence-corrected chi connectivity index (χ2v) is 5.35. The number of aliphatic hydroxyl groups is 1. The maximum Gasteiger partial charge on any atom is 0.326 e. The Labute approximate surface area is 106 Å². The Balaban J connectivity index is 2.01. The van der Waals surface area contributed by atoms with Gasteiger partial charge in [0.25, 0.3) is 0 Å². The van der Waals surface area contributed by atoms with Gasteiger partial charge in [-0.05, 0) is 18.8 Å². The van der Waals surface area contributed by atoms with Gasteiger partial charge in [0.05, 0.1) is 6.10 Å². The molecule has 18 heavy (non-hydrogen) atoms. The fourth-order valence-electron chi connectivity index (χ4n) is 2.64. The van der Waals surface area contributed by atoms with E-state index >= 15 is 0 Å². The largest absolute Gasteiger partial charge is 0.480 e. The molecule has 2 aliphatic rings. The first kappa shape index (κ1) is 13.1. The van der Waals surface area contributed by atoms with Crippen LogP contribution < -0.4 is 0 Å². The standard InChI is InChI=1S/C12H20N2O4/c1-8-2-4-13(5-3-8)12(18)14-7-9(15)6-10(14)11(16)17/h8-10,15H,2-7H2,1H3,(H,16,17)/t9-,10-/m0/s1. The van der Waals surface area contributed by atoms with Crippen molar-refractivity contribution in [2.75, 3.05) is 19.6 Å². The second-order valence-electron chi connectivity index (χ2n) is 5.35. The number of hydrogen-bond donors (Lipinski definition) is 2. The highest BCUT2D eigenvalue weighted by molar-refractivity contribution is 5.83. The Kier molecular flexibility index (Phi) is 3.75. The van der Waals surface area contributed by atoms with Gasteiger partial charge in [0.2, 0.25) is 0 Å². The van der Waals surface area contributed by atoms with E-state index in [0.717, 1.165) is 12.8 Å². The molecular formula is C12H20N2O4. The molecule has 2 N–H and O–H groups in total. The monoisotopic (exact) mass is 256 g/mol. The number of rotatable bonds is 1. The molecule has 6 nitrogen and oxygen atoms in total. The molecule has 0 bridgehead atoms. The van der Waals surface area contributed by atoms with Crippen LogP contribution in [-0.4, -0.2) is 63.8 Å². The van der Waals surface area contributed by atoms with E-state index in [9.17, 15) is 14.7 Å². The van der Waals surface area contributed by atoms with Gasteiger partial charge in [0, 0.05) is 26.1 Å². The van der Waals surface area contributed by atoms with Gasteiger partial charge in [-0.2, -0.15) is 0 Å². The van der Waals surface area contributed by atoms with Gasteiger partial charge in [0.15, 0.2) is 0 Å². The van der Waals surface area contributed by atoms with Crippen molar-refractivity contribution in [3.05, 3.63) is 0 Å². The molecule has 6 heteroatoms. The first-order valence-corrected chi connectivity index (χ1v) is 6.45. The van der Waals surface area contributed by atoms with E-state index < -0.39 is 18.1 Å². The van der Waals surface area contributed by atoms with Crippen LogP contribution in [-0.2, 0) is 4.79 Å². The summed E-state index contributed by atoms with van der Waals surface area (Å²) in [6.07, 6.45) is 1.32. The van der Waals surface area contributed by atoms with Crippen molar-refractivity contribution in [2.24, 2.45) is 5.92 Å². The summed E-state index contributed by atoms with van der Waals surface area (Å²) < 4.78 is 0. The van der Waals surface area contributed by atoms with E-state index in [1.807, 2.05) is 0 Å². The third-order valence-corrected chi connectivity index (χ3v) is 3.86. The number of likely N-dealkylation sites (tertiary alicyclic amines) is 2. The van der Waals surface area contributed by atoms with Crippen LogP contribution >= 0.6 is 0 Å². The van der Waals surface area contributed by atoms with Crippen molar-refractivity contribution >= 4 is 12.0 Å². The number of aliphatic carboxylic acids is 1. The van der Waals surface area contributed by atoms with Gasteiger partial charge in [-0.3, -0.25) is 0 Å². The van der Waals surface area contributed by atoms with Gasteiger partial charge in [-0.1, -0.05) is 6.92 Å². The molecule has 0 aliphatic carbocycles. The van der Waals surface area contributed by atoms with Crippen LogP contribution in [0.4, 0.5) is 4.79 Å². The van der Waals surface area contributed by atoms with E-state index in [1.54, 1.807) is 4.90 Å². The number of aliphatic hydroxyl groups excluding tert-OH is 1. The molecule has 0 aromatic heterocycles. The van der Waals surface area contributed by atoms with Crippen LogP contribution in [0.1, 0.15) is 26.2 Å². The maximum atomic E-state index is 12.2. The predicted octanol–water partition coefficient (Wildman–Crippen LogP) is 0.358. The van der Waals surface area contributed by atoms with Gasteiger partial charge in [-0.15, -0.1) is 0 Å². The maximum absolute atomic E-state index is 12.2. The van der Waals surface area contributed by atoms with Crippen molar-refractivity contribution in [3.8, 4) is 0 Å². The van der Waals surface area contributed by atoms with Crippen LogP contribution in [0.2, 0.25) is 0 Å². The third kappa shape index (κ3) is 2.58. The Morgan fingerprint density at radius 1 is 1.22 bits per heavy atom. The molecule has 2 atom stereocenters. The molecular weight excluding hydrogens is 236 g/mol. The summed E-state index contributed by atoms with van der Waals surface area (Å²) in [5.41, 5.74) is 0. The fraction of sp³-hybridized carbons (Fsp3) is 0.833. The molecule has 2 rings (SSSR count). The average molecular weight is 256 g/mol. The first-order valence-electron chi connectivity index (χ1n) is 6.45. The number of carbonyl (C=O) groups excluding carboxylic acids is 1. The molecule has 102 valence electrons. The highest BCUT2D eigenvalue weighted by atomic mass is 16.4. The molecule has 2 amide bonds. The number of β-amino-alcohol motifs (C(OH)–C–C–N with tert-alkyl or cyclic N) is 1. The summed E-state index contributed by atoms with van der Waals surface area (Å²) in [5, 5.41) is 18.6. The number of carboxylic acids is 1. The summed E-state index contributed by atoms with van der Waals surface area (Å²) in [4.78, 5) is 26.3.